The summed E-state index contributed by atoms with van der Waals surface area (Å²) in [4.78, 5) is 12.1. The minimum atomic E-state index is -0.250. The van der Waals surface area contributed by atoms with Crippen molar-refractivity contribution in [2.24, 2.45) is 11.7 Å². The molecule has 92 valence electrons. The monoisotopic (exact) mass is 344 g/mol. The first-order valence-electron chi connectivity index (χ1n) is 5.83. The summed E-state index contributed by atoms with van der Waals surface area (Å²) in [7, 11) is 0. The Balaban J connectivity index is 2.07. The Morgan fingerprint density at radius 3 is 2.53 bits per heavy atom. The van der Waals surface area contributed by atoms with Gasteiger partial charge in [0.1, 0.15) is 0 Å². The topological polar surface area (TPSA) is 55.1 Å². The lowest BCUT2D eigenvalue weighted by Gasteiger charge is -2.29. The Hall–Kier alpha value is -0.620. The molecule has 1 amide bonds. The van der Waals surface area contributed by atoms with Crippen LogP contribution in [-0.2, 0) is 0 Å². The predicted molar refractivity (Wildman–Crippen MR) is 76.8 cm³/mol. The van der Waals surface area contributed by atoms with Crippen LogP contribution in [0.25, 0.3) is 0 Å². The van der Waals surface area contributed by atoms with E-state index in [0.717, 1.165) is 3.57 Å². The van der Waals surface area contributed by atoms with Crippen molar-refractivity contribution in [2.75, 3.05) is 6.54 Å². The van der Waals surface area contributed by atoms with Crippen LogP contribution < -0.4 is 11.1 Å². The lowest BCUT2D eigenvalue weighted by atomic mass is 9.95. The molecule has 3 nitrogen and oxygen atoms in total. The van der Waals surface area contributed by atoms with Gasteiger partial charge in [-0.25, -0.2) is 0 Å². The average Bonchev–Trinajstić information content (AvgIpc) is 3.13. The number of nitrogens with two attached hydrogens (primary N) is 1. The van der Waals surface area contributed by atoms with Gasteiger partial charge >= 0.3 is 0 Å². The Labute approximate surface area is 115 Å². The zero-order valence-electron chi connectivity index (χ0n) is 9.87. The summed E-state index contributed by atoms with van der Waals surface area (Å²) < 4.78 is 1.13. The summed E-state index contributed by atoms with van der Waals surface area (Å²) in [5.41, 5.74) is 6.23. The molecule has 0 saturated heterocycles. The van der Waals surface area contributed by atoms with Gasteiger partial charge in [-0.15, -0.1) is 0 Å². The van der Waals surface area contributed by atoms with E-state index in [-0.39, 0.29) is 11.4 Å². The Bertz CT molecular complexity index is 414. The Kier molecular flexibility index (Phi) is 3.73. The molecule has 0 aromatic heterocycles. The molecule has 1 aromatic carbocycles. The van der Waals surface area contributed by atoms with Gasteiger partial charge in [0.15, 0.2) is 0 Å². The van der Waals surface area contributed by atoms with Crippen molar-refractivity contribution < 1.29 is 4.79 Å². The first kappa shape index (κ1) is 12.8. The molecule has 1 aliphatic carbocycles. The van der Waals surface area contributed by atoms with Gasteiger partial charge in [-0.3, -0.25) is 4.79 Å². The minimum Gasteiger partial charge on any atom is -0.345 e. The van der Waals surface area contributed by atoms with Gasteiger partial charge in [0.25, 0.3) is 5.91 Å². The SMILES string of the molecule is CC(CN)(NC(=O)c1ccc(I)cc1)C1CC1. The first-order chi connectivity index (χ1) is 8.05. The van der Waals surface area contributed by atoms with Crippen LogP contribution in [0.15, 0.2) is 24.3 Å². The molecular formula is C13H17IN2O. The van der Waals surface area contributed by atoms with Crippen LogP contribution in [0.5, 0.6) is 0 Å². The number of halogens is 1. The molecule has 0 bridgehead atoms. The van der Waals surface area contributed by atoms with Gasteiger partial charge in [-0.05, 0) is 72.5 Å². The summed E-state index contributed by atoms with van der Waals surface area (Å²) in [5.74, 6) is 0.515. The Morgan fingerprint density at radius 2 is 2.06 bits per heavy atom. The molecule has 0 spiro atoms. The van der Waals surface area contributed by atoms with Crippen LogP contribution in [0, 0.1) is 9.49 Å². The highest BCUT2D eigenvalue weighted by Crippen LogP contribution is 2.39. The van der Waals surface area contributed by atoms with E-state index < -0.39 is 0 Å². The third-order valence-electron chi connectivity index (χ3n) is 3.41. The van der Waals surface area contributed by atoms with Gasteiger partial charge in [0.05, 0.1) is 5.54 Å². The van der Waals surface area contributed by atoms with E-state index in [9.17, 15) is 4.79 Å². The molecule has 3 N–H and O–H groups in total. The minimum absolute atomic E-state index is 0.0266. The zero-order chi connectivity index (χ0) is 12.5. The maximum Gasteiger partial charge on any atom is 0.251 e. The highest BCUT2D eigenvalue weighted by Gasteiger charge is 2.41. The molecule has 1 unspecified atom stereocenters. The number of amides is 1. The van der Waals surface area contributed by atoms with E-state index in [1.807, 2.05) is 31.2 Å². The van der Waals surface area contributed by atoms with E-state index in [4.69, 9.17) is 5.73 Å². The van der Waals surface area contributed by atoms with Gasteiger partial charge < -0.3 is 11.1 Å². The van der Waals surface area contributed by atoms with E-state index in [1.165, 1.54) is 12.8 Å². The van der Waals surface area contributed by atoms with Crippen molar-refractivity contribution >= 4 is 28.5 Å². The van der Waals surface area contributed by atoms with E-state index in [1.54, 1.807) is 0 Å². The highest BCUT2D eigenvalue weighted by atomic mass is 127. The fourth-order valence-corrected chi connectivity index (χ4v) is 2.33. The molecule has 2 rings (SSSR count). The van der Waals surface area contributed by atoms with Crippen LogP contribution in [0.1, 0.15) is 30.1 Å². The fourth-order valence-electron chi connectivity index (χ4n) is 1.97. The van der Waals surface area contributed by atoms with E-state index >= 15 is 0 Å². The lowest BCUT2D eigenvalue weighted by molar-refractivity contribution is 0.0898. The van der Waals surface area contributed by atoms with Crippen molar-refractivity contribution in [3.8, 4) is 0 Å². The smallest absolute Gasteiger partial charge is 0.251 e. The van der Waals surface area contributed by atoms with Gasteiger partial charge in [-0.2, -0.15) is 0 Å². The van der Waals surface area contributed by atoms with Crippen molar-refractivity contribution in [3.05, 3.63) is 33.4 Å². The molecule has 1 atom stereocenters. The lowest BCUT2D eigenvalue weighted by Crippen LogP contribution is -2.53. The molecule has 0 heterocycles. The molecular weight excluding hydrogens is 327 g/mol. The summed E-state index contributed by atoms with van der Waals surface area (Å²) in [6, 6.07) is 7.57. The highest BCUT2D eigenvalue weighted by molar-refractivity contribution is 14.1. The third-order valence-corrected chi connectivity index (χ3v) is 4.13. The van der Waals surface area contributed by atoms with Gasteiger partial charge in [0, 0.05) is 15.7 Å². The second-order valence-corrected chi connectivity index (χ2v) is 6.10. The number of carbonyl (C=O) groups is 1. The van der Waals surface area contributed by atoms with Crippen LogP contribution in [0.2, 0.25) is 0 Å². The molecule has 1 saturated carbocycles. The molecule has 1 fully saturated rings. The standard InChI is InChI=1S/C13H17IN2O/c1-13(8-15,10-4-5-10)16-12(17)9-2-6-11(14)7-3-9/h2-3,6-7,10H,4-5,8,15H2,1H3,(H,16,17). The molecule has 1 aliphatic rings. The second-order valence-electron chi connectivity index (χ2n) is 4.86. The van der Waals surface area contributed by atoms with Crippen molar-refractivity contribution in [1.29, 1.82) is 0 Å². The summed E-state index contributed by atoms with van der Waals surface area (Å²) in [6.45, 7) is 2.53. The van der Waals surface area contributed by atoms with E-state index in [0.29, 0.717) is 18.0 Å². The first-order valence-corrected chi connectivity index (χ1v) is 6.91. The van der Waals surface area contributed by atoms with Crippen molar-refractivity contribution in [2.45, 2.75) is 25.3 Å². The van der Waals surface area contributed by atoms with Crippen LogP contribution >= 0.6 is 22.6 Å². The number of hydrogen-bond donors (Lipinski definition) is 2. The maximum absolute atomic E-state index is 12.1. The normalized spacial score (nSPS) is 18.5. The van der Waals surface area contributed by atoms with Crippen LogP contribution in [-0.4, -0.2) is 18.0 Å². The molecule has 1 aromatic rings. The number of benzene rings is 1. The quantitative estimate of drug-likeness (QED) is 0.823. The maximum atomic E-state index is 12.1. The van der Waals surface area contributed by atoms with Crippen LogP contribution in [0.3, 0.4) is 0 Å². The van der Waals surface area contributed by atoms with Crippen LogP contribution in [0.4, 0.5) is 0 Å². The van der Waals surface area contributed by atoms with Gasteiger partial charge in [-0.1, -0.05) is 0 Å². The summed E-state index contributed by atoms with van der Waals surface area (Å²) >= 11 is 2.22. The largest absolute Gasteiger partial charge is 0.345 e. The molecule has 17 heavy (non-hydrogen) atoms. The number of hydrogen-bond acceptors (Lipinski definition) is 2. The average molecular weight is 344 g/mol. The zero-order valence-corrected chi connectivity index (χ0v) is 12.0. The molecule has 4 heteroatoms. The molecule has 0 radical (unpaired) electrons. The predicted octanol–water partition coefficient (Wildman–Crippen LogP) is 2.15. The van der Waals surface area contributed by atoms with Crippen molar-refractivity contribution in [1.82, 2.24) is 5.32 Å². The molecule has 0 aliphatic heterocycles. The second kappa shape index (κ2) is 4.94. The third kappa shape index (κ3) is 2.98. The van der Waals surface area contributed by atoms with Gasteiger partial charge in [0.2, 0.25) is 0 Å². The van der Waals surface area contributed by atoms with E-state index in [2.05, 4.69) is 27.9 Å². The summed E-state index contributed by atoms with van der Waals surface area (Å²) in [6.07, 6.45) is 2.33. The number of nitrogens with one attached hydrogen (secondary N) is 1. The Morgan fingerprint density at radius 1 is 1.47 bits per heavy atom. The number of rotatable bonds is 4. The summed E-state index contributed by atoms with van der Waals surface area (Å²) in [5, 5.41) is 3.07. The van der Waals surface area contributed by atoms with Crippen molar-refractivity contribution in [3.63, 3.8) is 0 Å². The fraction of sp³-hybridized carbons (Fsp3) is 0.462. The number of carbonyl (C=O) groups excluding carboxylic acids is 1.